The van der Waals surface area contributed by atoms with Gasteiger partial charge < -0.3 is 14.2 Å². The highest BCUT2D eigenvalue weighted by molar-refractivity contribution is 5.98. The van der Waals surface area contributed by atoms with E-state index in [1.165, 1.54) is 27.8 Å². The van der Waals surface area contributed by atoms with Gasteiger partial charge in [-0.15, -0.1) is 0 Å². The van der Waals surface area contributed by atoms with Crippen molar-refractivity contribution >= 4 is 0 Å². The van der Waals surface area contributed by atoms with E-state index in [1.807, 2.05) is 6.07 Å². The molecule has 0 amide bonds. The summed E-state index contributed by atoms with van der Waals surface area (Å²) in [5, 5.41) is 0. The second kappa shape index (κ2) is 6.99. The van der Waals surface area contributed by atoms with E-state index in [0.717, 1.165) is 35.5 Å². The molecule has 4 rings (SSSR count). The lowest BCUT2D eigenvalue weighted by molar-refractivity contribution is 0.324. The monoisotopic (exact) mass is 360 g/mol. The molecule has 138 valence electrons. The van der Waals surface area contributed by atoms with E-state index in [-0.39, 0.29) is 0 Å². The Bertz CT molecular complexity index is 990. The zero-order valence-electron chi connectivity index (χ0n) is 16.3. The van der Waals surface area contributed by atoms with Gasteiger partial charge in [0.1, 0.15) is 0 Å². The third kappa shape index (κ3) is 2.57. The van der Waals surface area contributed by atoms with E-state index in [1.54, 1.807) is 21.3 Å². The topological polar surface area (TPSA) is 27.7 Å². The quantitative estimate of drug-likeness (QED) is 0.469. The molecule has 0 heterocycles. The molecule has 27 heavy (non-hydrogen) atoms. The van der Waals surface area contributed by atoms with Gasteiger partial charge in [-0.2, -0.15) is 0 Å². The Morgan fingerprint density at radius 1 is 0.704 bits per heavy atom. The van der Waals surface area contributed by atoms with Crippen LogP contribution >= 0.6 is 0 Å². The molecule has 0 spiro atoms. The van der Waals surface area contributed by atoms with E-state index in [9.17, 15) is 0 Å². The predicted octanol–water partition coefficient (Wildman–Crippen LogP) is 5.51. The van der Waals surface area contributed by atoms with Crippen LogP contribution in [0.2, 0.25) is 0 Å². The highest BCUT2D eigenvalue weighted by Crippen LogP contribution is 2.57. The molecule has 0 bridgehead atoms. The molecule has 0 aromatic heterocycles. The number of hydrogen-bond acceptors (Lipinski definition) is 3. The summed E-state index contributed by atoms with van der Waals surface area (Å²) >= 11 is 0. The summed E-state index contributed by atoms with van der Waals surface area (Å²) in [5.41, 5.74) is 8.56. The second-order valence-corrected chi connectivity index (χ2v) is 6.68. The summed E-state index contributed by atoms with van der Waals surface area (Å²) in [5.74, 6) is 2.14. The summed E-state index contributed by atoms with van der Waals surface area (Å²) in [6, 6.07) is 17.0. The minimum absolute atomic E-state index is 0.656. The number of aryl methyl sites for hydroxylation is 1. The molecule has 3 aromatic carbocycles. The molecule has 3 heteroatoms. The van der Waals surface area contributed by atoms with Crippen LogP contribution in [0.5, 0.6) is 17.2 Å². The van der Waals surface area contributed by atoms with Gasteiger partial charge in [-0.25, -0.2) is 0 Å². The van der Waals surface area contributed by atoms with Crippen LogP contribution in [0.1, 0.15) is 23.6 Å². The Hall–Kier alpha value is -2.94. The van der Waals surface area contributed by atoms with E-state index < -0.39 is 0 Å². The highest BCUT2D eigenvalue weighted by atomic mass is 16.5. The first-order chi connectivity index (χ1) is 13.2. The average molecular weight is 360 g/mol. The van der Waals surface area contributed by atoms with Crippen LogP contribution in [0.4, 0.5) is 0 Å². The molecular formula is C24H24O3. The van der Waals surface area contributed by atoms with E-state index in [4.69, 9.17) is 14.2 Å². The lowest BCUT2D eigenvalue weighted by atomic mass is 9.89. The van der Waals surface area contributed by atoms with Crippen LogP contribution in [-0.2, 0) is 12.8 Å². The number of rotatable bonds is 5. The number of ether oxygens (including phenoxy) is 3. The van der Waals surface area contributed by atoms with Gasteiger partial charge in [0.25, 0.3) is 0 Å². The maximum atomic E-state index is 5.87. The molecule has 3 nitrogen and oxygen atoms in total. The molecule has 1 aliphatic rings. The summed E-state index contributed by atoms with van der Waals surface area (Å²) in [7, 11) is 5.06. The smallest absolute Gasteiger partial charge is 0.204 e. The van der Waals surface area contributed by atoms with Crippen molar-refractivity contribution < 1.29 is 14.2 Å². The molecule has 3 aromatic rings. The fourth-order valence-corrected chi connectivity index (χ4v) is 4.26. The average Bonchev–Trinajstić information content (AvgIpc) is 3.11. The Balaban J connectivity index is 2.18. The molecule has 0 fully saturated rings. The third-order valence-corrected chi connectivity index (χ3v) is 5.38. The molecule has 0 saturated carbocycles. The third-order valence-electron chi connectivity index (χ3n) is 5.38. The summed E-state index contributed by atoms with van der Waals surface area (Å²) in [6.45, 7) is 2.20. The molecule has 1 aliphatic carbocycles. The number of fused-ring (bicyclic) bond motifs is 3. The standard InChI is InChI=1S/C24H24O3/c1-5-15-12-9-13-17-14-18-21(19(15)17)20(16-10-7-6-8-11-16)23(26-3)24(27-4)22(18)25-2/h6-13H,5,14H2,1-4H3. The fourth-order valence-electron chi connectivity index (χ4n) is 4.26. The van der Waals surface area contributed by atoms with E-state index in [0.29, 0.717) is 5.75 Å². The van der Waals surface area contributed by atoms with Gasteiger partial charge in [-0.3, -0.25) is 0 Å². The summed E-state index contributed by atoms with van der Waals surface area (Å²) in [4.78, 5) is 0. The first-order valence-corrected chi connectivity index (χ1v) is 9.26. The highest BCUT2D eigenvalue weighted by Gasteiger charge is 2.33. The zero-order valence-corrected chi connectivity index (χ0v) is 16.3. The number of methoxy groups -OCH3 is 3. The largest absolute Gasteiger partial charge is 0.492 e. The molecule has 0 atom stereocenters. The van der Waals surface area contributed by atoms with Crippen molar-refractivity contribution in [3.8, 4) is 39.5 Å². The lowest BCUT2D eigenvalue weighted by Crippen LogP contribution is -2.02. The van der Waals surface area contributed by atoms with Crippen LogP contribution < -0.4 is 14.2 Å². The molecule has 0 saturated heterocycles. The molecule has 0 aliphatic heterocycles. The number of benzene rings is 3. The Labute approximate surface area is 160 Å². The summed E-state index contributed by atoms with van der Waals surface area (Å²) < 4.78 is 17.4. The van der Waals surface area contributed by atoms with E-state index >= 15 is 0 Å². The first kappa shape index (κ1) is 17.5. The maximum Gasteiger partial charge on any atom is 0.204 e. The van der Waals surface area contributed by atoms with Gasteiger partial charge in [0.2, 0.25) is 5.75 Å². The fraction of sp³-hybridized carbons (Fsp3) is 0.250. The molecular weight excluding hydrogens is 336 g/mol. The summed E-state index contributed by atoms with van der Waals surface area (Å²) in [6.07, 6.45) is 1.81. The Kier molecular flexibility index (Phi) is 4.53. The van der Waals surface area contributed by atoms with Crippen LogP contribution in [0, 0.1) is 0 Å². The van der Waals surface area contributed by atoms with Crippen LogP contribution in [0.25, 0.3) is 22.3 Å². The molecule has 0 radical (unpaired) electrons. The van der Waals surface area contributed by atoms with Gasteiger partial charge in [-0.1, -0.05) is 55.5 Å². The van der Waals surface area contributed by atoms with Crippen molar-refractivity contribution in [3.05, 3.63) is 65.2 Å². The van der Waals surface area contributed by atoms with Crippen LogP contribution in [0.15, 0.2) is 48.5 Å². The van der Waals surface area contributed by atoms with Crippen molar-refractivity contribution in [2.45, 2.75) is 19.8 Å². The van der Waals surface area contributed by atoms with Gasteiger partial charge in [0, 0.05) is 23.1 Å². The zero-order chi connectivity index (χ0) is 19.0. The van der Waals surface area contributed by atoms with Crippen LogP contribution in [0.3, 0.4) is 0 Å². The Morgan fingerprint density at radius 2 is 1.41 bits per heavy atom. The normalized spacial score (nSPS) is 11.7. The van der Waals surface area contributed by atoms with Gasteiger partial charge >= 0.3 is 0 Å². The van der Waals surface area contributed by atoms with Gasteiger partial charge in [0.15, 0.2) is 11.5 Å². The van der Waals surface area contributed by atoms with Crippen molar-refractivity contribution in [3.63, 3.8) is 0 Å². The first-order valence-electron chi connectivity index (χ1n) is 9.26. The SMILES string of the molecule is CCc1cccc2c1-c1c(c(OC)c(OC)c(OC)c1-c1ccccc1)C2. The van der Waals surface area contributed by atoms with Crippen molar-refractivity contribution in [2.24, 2.45) is 0 Å². The van der Waals surface area contributed by atoms with Crippen LogP contribution in [-0.4, -0.2) is 21.3 Å². The molecule has 0 unspecified atom stereocenters. The number of hydrogen-bond donors (Lipinski definition) is 0. The van der Waals surface area contributed by atoms with Gasteiger partial charge in [0.05, 0.1) is 21.3 Å². The minimum Gasteiger partial charge on any atom is -0.492 e. The minimum atomic E-state index is 0.656. The Morgan fingerprint density at radius 3 is 2.04 bits per heavy atom. The van der Waals surface area contributed by atoms with Gasteiger partial charge in [-0.05, 0) is 28.7 Å². The van der Waals surface area contributed by atoms with Crippen molar-refractivity contribution in [1.82, 2.24) is 0 Å². The van der Waals surface area contributed by atoms with Crippen molar-refractivity contribution in [2.75, 3.05) is 21.3 Å². The van der Waals surface area contributed by atoms with E-state index in [2.05, 4.69) is 49.4 Å². The lowest BCUT2D eigenvalue weighted by Gasteiger charge is -2.22. The maximum absolute atomic E-state index is 5.87. The van der Waals surface area contributed by atoms with Crippen molar-refractivity contribution in [1.29, 1.82) is 0 Å². The molecule has 0 N–H and O–H groups in total. The predicted molar refractivity (Wildman–Crippen MR) is 109 cm³/mol. The second-order valence-electron chi connectivity index (χ2n) is 6.68.